The maximum absolute atomic E-state index is 12.6. The lowest BCUT2D eigenvalue weighted by Gasteiger charge is -2.21. The van der Waals surface area contributed by atoms with Crippen LogP contribution in [0.5, 0.6) is 17.2 Å². The molecule has 32 heavy (non-hydrogen) atoms. The summed E-state index contributed by atoms with van der Waals surface area (Å²) in [5, 5.41) is 20.5. The van der Waals surface area contributed by atoms with Gasteiger partial charge < -0.3 is 29.2 Å². The van der Waals surface area contributed by atoms with Crippen molar-refractivity contribution in [3.8, 4) is 17.2 Å². The van der Waals surface area contributed by atoms with Gasteiger partial charge in [0.05, 0.1) is 6.61 Å². The average molecular weight is 443 g/mol. The Bertz CT molecular complexity index is 959. The number of rotatable bonds is 11. The van der Waals surface area contributed by atoms with Crippen LogP contribution in [0.1, 0.15) is 30.9 Å². The molecule has 0 bridgehead atoms. The van der Waals surface area contributed by atoms with E-state index in [4.69, 9.17) is 29.2 Å². The summed E-state index contributed by atoms with van der Waals surface area (Å²) < 4.78 is 21.9. The number of aliphatic carboxylic acids is 1. The number of carboxylic acid groups (broad SMARTS) is 1. The zero-order valence-corrected chi connectivity index (χ0v) is 17.4. The predicted molar refractivity (Wildman–Crippen MR) is 115 cm³/mol. The minimum Gasteiger partial charge on any atom is -0.491 e. The highest BCUT2D eigenvalue weighted by molar-refractivity contribution is 5.85. The highest BCUT2D eigenvalue weighted by atomic mass is 16.7. The molecule has 3 N–H and O–H groups in total. The first kappa shape index (κ1) is 23.0. The summed E-state index contributed by atoms with van der Waals surface area (Å²) in [6, 6.07) is 12.1. The third-order valence-electron chi connectivity index (χ3n) is 4.58. The van der Waals surface area contributed by atoms with E-state index in [9.17, 15) is 9.59 Å². The number of amides is 1. The van der Waals surface area contributed by atoms with E-state index in [1.54, 1.807) is 48.5 Å². The number of carboxylic acids is 1. The number of anilines is 1. The highest BCUT2D eigenvalue weighted by Crippen LogP contribution is 2.35. The number of hydrogen-bond acceptors (Lipinski definition) is 7. The average Bonchev–Trinajstić information content (AvgIpc) is 3.24. The molecule has 1 atom stereocenters. The third kappa shape index (κ3) is 6.64. The molecule has 2 aromatic rings. The van der Waals surface area contributed by atoms with E-state index in [2.05, 4.69) is 5.32 Å². The van der Waals surface area contributed by atoms with Gasteiger partial charge in [0.2, 0.25) is 6.79 Å². The maximum Gasteiger partial charge on any atom is 0.412 e. The number of nitrogens with one attached hydrogen (secondary N) is 1. The minimum absolute atomic E-state index is 0.106. The van der Waals surface area contributed by atoms with Crippen molar-refractivity contribution in [2.45, 2.75) is 25.4 Å². The van der Waals surface area contributed by atoms with Gasteiger partial charge in [0.25, 0.3) is 0 Å². The first-order chi connectivity index (χ1) is 15.6. The lowest BCUT2D eigenvalue weighted by atomic mass is 10.0. The number of para-hydroxylation sites is 1. The summed E-state index contributed by atoms with van der Waals surface area (Å²) >= 11 is 0. The van der Waals surface area contributed by atoms with Crippen LogP contribution in [0.15, 0.2) is 54.6 Å². The molecule has 2 aromatic carbocycles. The van der Waals surface area contributed by atoms with Crippen LogP contribution in [-0.4, -0.2) is 42.3 Å². The number of hydrogen-bond donors (Lipinski definition) is 3. The van der Waals surface area contributed by atoms with Gasteiger partial charge in [-0.3, -0.25) is 5.32 Å². The summed E-state index contributed by atoms with van der Waals surface area (Å²) in [6.07, 6.45) is 2.87. The number of fused-ring (bicyclic) bond motifs is 1. The number of allylic oxidation sites excluding steroid dienone is 1. The Labute approximate surface area is 185 Å². The molecule has 1 amide bonds. The zero-order valence-electron chi connectivity index (χ0n) is 17.4. The first-order valence-corrected chi connectivity index (χ1v) is 10.2. The predicted octanol–water partition coefficient (Wildman–Crippen LogP) is 3.89. The van der Waals surface area contributed by atoms with Gasteiger partial charge >= 0.3 is 12.1 Å². The Hall–Kier alpha value is -3.72. The van der Waals surface area contributed by atoms with Crippen LogP contribution >= 0.6 is 0 Å². The van der Waals surface area contributed by atoms with Crippen molar-refractivity contribution in [1.82, 2.24) is 0 Å². The number of aliphatic hydroxyl groups excluding tert-OH is 1. The Morgan fingerprint density at radius 3 is 2.78 bits per heavy atom. The number of benzene rings is 2. The Morgan fingerprint density at radius 2 is 1.97 bits per heavy atom. The number of ether oxygens (including phenoxy) is 4. The first-order valence-electron chi connectivity index (χ1n) is 10.2. The quantitative estimate of drug-likeness (QED) is 0.353. The van der Waals surface area contributed by atoms with E-state index in [0.29, 0.717) is 47.8 Å². The number of aliphatic hydroxyl groups is 1. The summed E-state index contributed by atoms with van der Waals surface area (Å²) in [7, 11) is 0. The molecule has 0 spiro atoms. The van der Waals surface area contributed by atoms with Crippen molar-refractivity contribution in [3.05, 3.63) is 60.2 Å². The smallest absolute Gasteiger partial charge is 0.412 e. The summed E-state index contributed by atoms with van der Waals surface area (Å²) in [5.41, 5.74) is 1.15. The fourth-order valence-corrected chi connectivity index (χ4v) is 3.17. The Kier molecular flexibility index (Phi) is 8.33. The normalized spacial score (nSPS) is 13.0. The molecule has 0 aliphatic carbocycles. The van der Waals surface area contributed by atoms with Crippen LogP contribution in [-0.2, 0) is 9.53 Å². The van der Waals surface area contributed by atoms with E-state index < -0.39 is 18.2 Å². The number of carbonyl (C=O) groups excluding carboxylic acids is 1. The van der Waals surface area contributed by atoms with Crippen LogP contribution in [0.2, 0.25) is 0 Å². The lowest BCUT2D eigenvalue weighted by Crippen LogP contribution is -2.18. The van der Waals surface area contributed by atoms with Gasteiger partial charge in [-0.1, -0.05) is 24.3 Å². The molecule has 9 nitrogen and oxygen atoms in total. The highest BCUT2D eigenvalue weighted by Gasteiger charge is 2.21. The summed E-state index contributed by atoms with van der Waals surface area (Å²) in [6.45, 7) is 0.0885. The molecule has 3 rings (SSSR count). The molecule has 0 unspecified atom stereocenters. The van der Waals surface area contributed by atoms with Gasteiger partial charge in [-0.15, -0.1) is 0 Å². The second-order valence-electron chi connectivity index (χ2n) is 6.87. The van der Waals surface area contributed by atoms with Crippen molar-refractivity contribution < 1.29 is 38.7 Å². The van der Waals surface area contributed by atoms with Crippen LogP contribution in [0, 0.1) is 0 Å². The Morgan fingerprint density at radius 1 is 1.16 bits per heavy atom. The minimum atomic E-state index is -1.01. The molecule has 9 heteroatoms. The fourth-order valence-electron chi connectivity index (χ4n) is 3.17. The molecule has 170 valence electrons. The number of carbonyl (C=O) groups is 2. The third-order valence-corrected chi connectivity index (χ3v) is 4.58. The van der Waals surface area contributed by atoms with Crippen molar-refractivity contribution in [3.63, 3.8) is 0 Å². The van der Waals surface area contributed by atoms with Crippen molar-refractivity contribution in [1.29, 1.82) is 0 Å². The van der Waals surface area contributed by atoms with Gasteiger partial charge in [0.1, 0.15) is 18.5 Å². The van der Waals surface area contributed by atoms with E-state index >= 15 is 0 Å². The second-order valence-corrected chi connectivity index (χ2v) is 6.87. The molecule has 0 fully saturated rings. The van der Waals surface area contributed by atoms with Crippen molar-refractivity contribution >= 4 is 17.7 Å². The fraction of sp³-hybridized carbons (Fsp3) is 0.304. The van der Waals surface area contributed by atoms with Gasteiger partial charge in [0, 0.05) is 23.4 Å². The molecule has 0 saturated heterocycles. The zero-order chi connectivity index (χ0) is 22.8. The van der Waals surface area contributed by atoms with Gasteiger partial charge in [-0.25, -0.2) is 9.59 Å². The second kappa shape index (κ2) is 11.6. The van der Waals surface area contributed by atoms with E-state index in [-0.39, 0.29) is 20.0 Å². The van der Waals surface area contributed by atoms with Crippen LogP contribution in [0.3, 0.4) is 0 Å². The topological polar surface area (TPSA) is 124 Å². The SMILES string of the molecule is O=C(O)/C=C/CCC[C@H](OC(=O)Nc1ccc2c(c1)OCO2)c1ccccc1OCCO. The summed E-state index contributed by atoms with van der Waals surface area (Å²) in [4.78, 5) is 23.3. The van der Waals surface area contributed by atoms with Gasteiger partial charge in [0.15, 0.2) is 11.5 Å². The van der Waals surface area contributed by atoms with E-state index in [1.165, 1.54) is 0 Å². The molecule has 0 saturated carbocycles. The summed E-state index contributed by atoms with van der Waals surface area (Å²) in [5.74, 6) is 0.630. The molecule has 0 radical (unpaired) electrons. The van der Waals surface area contributed by atoms with E-state index in [1.807, 2.05) is 0 Å². The van der Waals surface area contributed by atoms with E-state index in [0.717, 1.165) is 6.08 Å². The molecule has 0 aromatic heterocycles. The maximum atomic E-state index is 12.6. The van der Waals surface area contributed by atoms with Crippen LogP contribution < -0.4 is 19.5 Å². The van der Waals surface area contributed by atoms with Gasteiger partial charge in [-0.2, -0.15) is 0 Å². The number of unbranched alkanes of at least 4 members (excludes halogenated alkanes) is 1. The van der Waals surface area contributed by atoms with Crippen LogP contribution in [0.4, 0.5) is 10.5 Å². The molecule has 1 aliphatic rings. The molecule has 1 heterocycles. The lowest BCUT2D eigenvalue weighted by molar-refractivity contribution is -0.131. The monoisotopic (exact) mass is 443 g/mol. The Balaban J connectivity index is 1.70. The molecular weight excluding hydrogens is 418 g/mol. The van der Waals surface area contributed by atoms with Gasteiger partial charge in [-0.05, 0) is 37.5 Å². The standard InChI is InChI=1S/C23H25NO8/c25-12-13-29-18-7-5-4-6-17(18)19(8-2-1-3-9-22(26)27)32-23(28)24-16-10-11-20-21(14-16)31-15-30-20/h3-7,9-11,14,19,25H,1-2,8,12-13,15H2,(H,24,28)(H,26,27)/b9-3+/t19-/m0/s1. The van der Waals surface area contributed by atoms with Crippen LogP contribution in [0.25, 0.3) is 0 Å². The molecule has 1 aliphatic heterocycles. The van der Waals surface area contributed by atoms with Crippen molar-refractivity contribution in [2.24, 2.45) is 0 Å². The largest absolute Gasteiger partial charge is 0.491 e. The molecular formula is C23H25NO8. The van der Waals surface area contributed by atoms with Crippen molar-refractivity contribution in [2.75, 3.05) is 25.3 Å².